The fourth-order valence-corrected chi connectivity index (χ4v) is 10.4. The fourth-order valence-electron chi connectivity index (χ4n) is 10.4. The van der Waals surface area contributed by atoms with Crippen LogP contribution in [0.2, 0.25) is 0 Å². The number of hydrogen-bond donors (Lipinski definition) is 0. The molecule has 2 aliphatic heterocycles. The SMILES string of the molecule is COc1ccc(C2O[C@H]3C(=O)[C@H]4[C@@H]([C@@]5(CC(C(=O)OC(C)(C)C)=NO5)[C@H]3O2)[C@@]23C=C[C@]4(c4ccc(OC)cc4)[C@]2(C)CCCC3)cc1. The highest BCUT2D eigenvalue weighted by Gasteiger charge is 2.85. The Kier molecular flexibility index (Phi) is 6.62. The zero-order valence-electron chi connectivity index (χ0n) is 27.9. The van der Waals surface area contributed by atoms with Crippen molar-refractivity contribution in [2.24, 2.45) is 27.8 Å². The predicted octanol–water partition coefficient (Wildman–Crippen LogP) is 6.25. The second-order valence-corrected chi connectivity index (χ2v) is 15.3. The number of Topliss-reactive ketones (excluding diaryl/α,β-unsaturated/α-hetero) is 1. The number of oxime groups is 1. The van der Waals surface area contributed by atoms with Crippen LogP contribution in [0.15, 0.2) is 65.8 Å². The van der Waals surface area contributed by atoms with E-state index in [4.69, 9.17) is 28.5 Å². The van der Waals surface area contributed by atoms with E-state index in [1.807, 2.05) is 57.2 Å². The van der Waals surface area contributed by atoms with Crippen LogP contribution in [0.4, 0.5) is 0 Å². The summed E-state index contributed by atoms with van der Waals surface area (Å²) in [5, 5.41) is 4.46. The van der Waals surface area contributed by atoms with Crippen LogP contribution in [0.25, 0.3) is 0 Å². The highest BCUT2D eigenvalue weighted by atomic mass is 16.8. The zero-order chi connectivity index (χ0) is 33.0. The number of methoxy groups -OCH3 is 2. The van der Waals surface area contributed by atoms with Crippen molar-refractivity contribution in [3.05, 3.63) is 71.8 Å². The van der Waals surface area contributed by atoms with Gasteiger partial charge in [0.2, 0.25) is 0 Å². The van der Waals surface area contributed by atoms with E-state index >= 15 is 4.79 Å². The Morgan fingerprint density at radius 2 is 1.57 bits per heavy atom. The monoisotopic (exact) mass is 641 g/mol. The Morgan fingerprint density at radius 3 is 2.23 bits per heavy atom. The van der Waals surface area contributed by atoms with Crippen molar-refractivity contribution >= 4 is 17.5 Å². The van der Waals surface area contributed by atoms with Gasteiger partial charge < -0.3 is 28.5 Å². The van der Waals surface area contributed by atoms with E-state index in [0.29, 0.717) is 5.75 Å². The first kappa shape index (κ1) is 30.6. The molecule has 0 aromatic heterocycles. The summed E-state index contributed by atoms with van der Waals surface area (Å²) in [6.07, 6.45) is 6.31. The van der Waals surface area contributed by atoms with Crippen LogP contribution in [0.3, 0.4) is 0 Å². The van der Waals surface area contributed by atoms with Crippen molar-refractivity contribution < 1.29 is 38.1 Å². The molecule has 47 heavy (non-hydrogen) atoms. The Labute approximate surface area is 275 Å². The molecule has 6 aliphatic rings. The van der Waals surface area contributed by atoms with E-state index in [-0.39, 0.29) is 29.2 Å². The molecule has 3 saturated carbocycles. The van der Waals surface area contributed by atoms with Gasteiger partial charge in [-0.1, -0.05) is 61.3 Å². The molecule has 248 valence electrons. The van der Waals surface area contributed by atoms with Gasteiger partial charge in [-0.05, 0) is 68.9 Å². The molecule has 2 bridgehead atoms. The molecule has 0 N–H and O–H groups in total. The molecule has 9 heteroatoms. The molecule has 4 fully saturated rings. The summed E-state index contributed by atoms with van der Waals surface area (Å²) in [7, 11) is 3.28. The smallest absolute Gasteiger partial charge is 0.356 e. The minimum absolute atomic E-state index is 0.0196. The lowest BCUT2D eigenvalue weighted by atomic mass is 9.51. The third-order valence-corrected chi connectivity index (χ3v) is 12.3. The first-order valence-electron chi connectivity index (χ1n) is 16.7. The maximum atomic E-state index is 15.2. The predicted molar refractivity (Wildman–Crippen MR) is 172 cm³/mol. The lowest BCUT2D eigenvalue weighted by molar-refractivity contribution is -0.205. The second-order valence-electron chi connectivity index (χ2n) is 15.3. The molecule has 9 nitrogen and oxygen atoms in total. The van der Waals surface area contributed by atoms with Gasteiger partial charge in [0.1, 0.15) is 29.3 Å². The average Bonchev–Trinajstić information content (AvgIpc) is 3.81. The minimum Gasteiger partial charge on any atom is -0.497 e. The van der Waals surface area contributed by atoms with Crippen molar-refractivity contribution in [2.45, 2.75) is 94.9 Å². The van der Waals surface area contributed by atoms with Crippen LogP contribution < -0.4 is 9.47 Å². The van der Waals surface area contributed by atoms with Gasteiger partial charge in [-0.3, -0.25) is 4.79 Å². The maximum absolute atomic E-state index is 15.2. The van der Waals surface area contributed by atoms with E-state index < -0.39 is 52.4 Å². The number of nitrogens with zero attached hydrogens (tertiary/aromatic N) is 1. The lowest BCUT2D eigenvalue weighted by Crippen LogP contribution is -2.67. The third kappa shape index (κ3) is 3.93. The van der Waals surface area contributed by atoms with Crippen molar-refractivity contribution in [3.8, 4) is 11.5 Å². The normalized spacial score (nSPS) is 39.6. The van der Waals surface area contributed by atoms with Gasteiger partial charge in [-0.2, -0.15) is 0 Å². The summed E-state index contributed by atoms with van der Waals surface area (Å²) in [5.41, 5.74) is -1.09. The summed E-state index contributed by atoms with van der Waals surface area (Å²) in [5.74, 6) is 0.168. The maximum Gasteiger partial charge on any atom is 0.356 e. The number of ketones is 1. The Morgan fingerprint density at radius 1 is 0.915 bits per heavy atom. The highest BCUT2D eigenvalue weighted by Crippen LogP contribution is 2.82. The molecule has 1 unspecified atom stereocenters. The number of ether oxygens (including phenoxy) is 5. The number of carbonyl (C=O) groups excluding carboxylic acids is 2. The van der Waals surface area contributed by atoms with Crippen molar-refractivity contribution in [2.75, 3.05) is 14.2 Å². The van der Waals surface area contributed by atoms with Gasteiger partial charge in [0, 0.05) is 34.7 Å². The summed E-state index contributed by atoms with van der Waals surface area (Å²) in [4.78, 5) is 35.4. The van der Waals surface area contributed by atoms with E-state index in [1.165, 1.54) is 0 Å². The summed E-state index contributed by atoms with van der Waals surface area (Å²) >= 11 is 0. The first-order valence-corrected chi connectivity index (χ1v) is 16.7. The molecule has 2 aromatic carbocycles. The van der Waals surface area contributed by atoms with E-state index in [9.17, 15) is 4.79 Å². The summed E-state index contributed by atoms with van der Waals surface area (Å²) in [6.45, 7) is 7.86. The van der Waals surface area contributed by atoms with Gasteiger partial charge in [-0.15, -0.1) is 0 Å². The van der Waals surface area contributed by atoms with Crippen LogP contribution in [0.1, 0.15) is 77.2 Å². The number of rotatable bonds is 5. The number of benzene rings is 2. The van der Waals surface area contributed by atoms with Gasteiger partial charge in [-0.25, -0.2) is 4.79 Å². The molecule has 2 aromatic rings. The molecular weight excluding hydrogens is 598 g/mol. The van der Waals surface area contributed by atoms with Crippen LogP contribution in [0, 0.1) is 22.7 Å². The Hall–Kier alpha value is -3.69. The second kappa shape index (κ2) is 10.2. The zero-order valence-corrected chi connectivity index (χ0v) is 27.9. The number of carbonyl (C=O) groups is 2. The highest BCUT2D eigenvalue weighted by molar-refractivity contribution is 6.37. The van der Waals surface area contributed by atoms with Crippen LogP contribution in [-0.4, -0.2) is 55.1 Å². The Bertz CT molecular complexity index is 1680. The molecule has 9 atom stereocenters. The number of allylic oxidation sites excluding steroid dienone is 2. The van der Waals surface area contributed by atoms with E-state index in [2.05, 4.69) is 36.4 Å². The van der Waals surface area contributed by atoms with Crippen LogP contribution >= 0.6 is 0 Å². The molecular formula is C38H43NO8. The summed E-state index contributed by atoms with van der Waals surface area (Å²) in [6, 6.07) is 15.6. The molecule has 0 amide bonds. The Balaban J connectivity index is 1.29. The molecule has 2 heterocycles. The largest absolute Gasteiger partial charge is 0.497 e. The standard InChI is InChI=1S/C38H43NO8/c1-34(2,3)46-32(41)26-21-38(47-39-26)30-27(28(40)29-31(38)45-33(44-29)22-9-13-24(42-5)14-10-22)37(23-11-15-25(43-6)16-12-23)20-19-36(30)18-8-7-17-35(36,37)4/h9-16,19-20,27,29-31,33H,7-8,17-18,21H2,1-6H3/t27-,29-,30+,31-,33?,35+,36+,37+,38-/m0/s1. The molecule has 0 radical (unpaired) electrons. The molecule has 1 saturated heterocycles. The first-order chi connectivity index (χ1) is 22.4. The van der Waals surface area contributed by atoms with Crippen LogP contribution in [0.5, 0.6) is 11.5 Å². The molecule has 1 spiro atoms. The fraction of sp³-hybridized carbons (Fsp3) is 0.553. The van der Waals surface area contributed by atoms with Crippen molar-refractivity contribution in [1.29, 1.82) is 0 Å². The number of hydrogen-bond acceptors (Lipinski definition) is 9. The number of esters is 1. The van der Waals surface area contributed by atoms with Gasteiger partial charge in [0.05, 0.1) is 14.2 Å². The molecule has 4 aliphatic carbocycles. The van der Waals surface area contributed by atoms with E-state index in [1.54, 1.807) is 14.2 Å². The van der Waals surface area contributed by atoms with Crippen molar-refractivity contribution in [1.82, 2.24) is 0 Å². The average molecular weight is 642 g/mol. The van der Waals surface area contributed by atoms with Gasteiger partial charge >= 0.3 is 5.97 Å². The van der Waals surface area contributed by atoms with E-state index in [0.717, 1.165) is 42.6 Å². The lowest BCUT2D eigenvalue weighted by Gasteiger charge is -2.54. The van der Waals surface area contributed by atoms with Crippen LogP contribution in [-0.2, 0) is 34.1 Å². The van der Waals surface area contributed by atoms with Gasteiger partial charge in [0.25, 0.3) is 0 Å². The topological polar surface area (TPSA) is 102 Å². The molecule has 8 rings (SSSR count). The summed E-state index contributed by atoms with van der Waals surface area (Å²) < 4.78 is 30.1. The number of fused-ring (bicyclic) bond motifs is 5. The van der Waals surface area contributed by atoms with Gasteiger partial charge in [0.15, 0.2) is 23.4 Å². The third-order valence-electron chi connectivity index (χ3n) is 12.3. The van der Waals surface area contributed by atoms with Crippen molar-refractivity contribution in [3.63, 3.8) is 0 Å². The quantitative estimate of drug-likeness (QED) is 0.279. The minimum atomic E-state index is -1.13.